The summed E-state index contributed by atoms with van der Waals surface area (Å²) in [7, 11) is -2.15. The number of hydrogen-bond acceptors (Lipinski definition) is 6. The van der Waals surface area contributed by atoms with Crippen LogP contribution in [-0.4, -0.2) is 37.8 Å². The van der Waals surface area contributed by atoms with Crippen molar-refractivity contribution in [3.8, 4) is 0 Å². The zero-order valence-corrected chi connectivity index (χ0v) is 21.5. The molecule has 0 bridgehead atoms. The molecule has 7 heteroatoms. The highest BCUT2D eigenvalue weighted by atomic mass is 32.1. The molecule has 1 heterocycles. The Morgan fingerprint density at radius 3 is 2.43 bits per heavy atom. The number of esters is 1. The van der Waals surface area contributed by atoms with Crippen LogP contribution in [0.5, 0.6) is 0 Å². The maximum absolute atomic E-state index is 13.1. The van der Waals surface area contributed by atoms with E-state index < -0.39 is 26.3 Å². The summed E-state index contributed by atoms with van der Waals surface area (Å²) in [4.78, 5) is 29.9. The van der Waals surface area contributed by atoms with Crippen LogP contribution in [0.4, 0.5) is 0 Å². The van der Waals surface area contributed by atoms with Gasteiger partial charge in [0.05, 0.1) is 23.4 Å². The molecule has 0 fully saturated rings. The lowest BCUT2D eigenvalue weighted by atomic mass is 9.93. The fourth-order valence-corrected chi connectivity index (χ4v) is 4.60. The number of nitrogens with zero attached hydrogens (tertiary/aromatic N) is 1. The molecule has 1 aromatic heterocycles. The van der Waals surface area contributed by atoms with E-state index in [0.717, 1.165) is 16.3 Å². The molecule has 1 aromatic rings. The number of thiazole rings is 1. The highest BCUT2D eigenvalue weighted by molar-refractivity contribution is 7.09. The van der Waals surface area contributed by atoms with Crippen molar-refractivity contribution >= 4 is 37.5 Å². The van der Waals surface area contributed by atoms with Crippen LogP contribution in [0.15, 0.2) is 23.6 Å². The summed E-state index contributed by atoms with van der Waals surface area (Å²) in [6, 6.07) is 0. The lowest BCUT2D eigenvalue weighted by Crippen LogP contribution is -2.45. The molecule has 0 saturated heterocycles. The van der Waals surface area contributed by atoms with Crippen molar-refractivity contribution in [3.63, 3.8) is 0 Å². The summed E-state index contributed by atoms with van der Waals surface area (Å²) in [5, 5.41) is 2.97. The first kappa shape index (κ1) is 26.5. The van der Waals surface area contributed by atoms with Crippen molar-refractivity contribution in [3.05, 3.63) is 34.3 Å². The van der Waals surface area contributed by atoms with E-state index in [0.29, 0.717) is 0 Å². The first-order chi connectivity index (χ1) is 13.8. The molecule has 5 nitrogen and oxygen atoms in total. The largest absolute Gasteiger partial charge is 0.465 e. The van der Waals surface area contributed by atoms with Gasteiger partial charge in [0.25, 0.3) is 0 Å². The highest BCUT2D eigenvalue weighted by Crippen LogP contribution is 2.39. The first-order valence-corrected chi connectivity index (χ1v) is 14.2. The summed E-state index contributed by atoms with van der Waals surface area (Å²) in [5.74, 6) is -1.52. The molecule has 1 unspecified atom stereocenters. The van der Waals surface area contributed by atoms with Crippen LogP contribution in [0, 0.1) is 12.8 Å². The second-order valence-electron chi connectivity index (χ2n) is 9.05. The Balaban J connectivity index is 3.21. The van der Waals surface area contributed by atoms with Gasteiger partial charge in [0.1, 0.15) is 11.7 Å². The third kappa shape index (κ3) is 7.60. The number of Topliss-reactive ketones (excluding diaryl/α,β-unsaturated/α-hetero) is 1. The third-order valence-corrected chi connectivity index (χ3v) is 10.8. The van der Waals surface area contributed by atoms with Gasteiger partial charge in [0, 0.05) is 11.8 Å². The number of allylic oxidation sites excluding steroid dienone is 1. The number of carbonyl (C=O) groups excluding carboxylic acids is 2. The maximum atomic E-state index is 13.1. The van der Waals surface area contributed by atoms with E-state index in [9.17, 15) is 9.59 Å². The highest BCUT2D eigenvalue weighted by Gasteiger charge is 2.40. The predicted molar refractivity (Wildman–Crippen MR) is 127 cm³/mol. The minimum absolute atomic E-state index is 0.00649. The quantitative estimate of drug-likeness (QED) is 0.180. The number of ether oxygens (including phenoxy) is 1. The Bertz CT molecular complexity index is 776. The number of ketones is 1. The molecule has 0 radical (unpaired) electrons. The Morgan fingerprint density at radius 1 is 1.33 bits per heavy atom. The van der Waals surface area contributed by atoms with Crippen molar-refractivity contribution in [1.82, 2.24) is 4.98 Å². The zero-order valence-electron chi connectivity index (χ0n) is 19.7. The van der Waals surface area contributed by atoms with Gasteiger partial charge in [-0.3, -0.25) is 9.59 Å². The number of rotatable bonds is 11. The second kappa shape index (κ2) is 11.2. The van der Waals surface area contributed by atoms with Crippen molar-refractivity contribution < 1.29 is 18.8 Å². The molecule has 0 saturated carbocycles. The van der Waals surface area contributed by atoms with Gasteiger partial charge in [0.15, 0.2) is 8.32 Å². The third-order valence-electron chi connectivity index (χ3n) is 5.51. The summed E-state index contributed by atoms with van der Waals surface area (Å²) in [5.41, 5.74) is 1.79. The minimum Gasteiger partial charge on any atom is -0.465 e. The molecular formula is C23H37NO4SSi. The molecule has 2 atom stereocenters. The van der Waals surface area contributed by atoms with Crippen LogP contribution in [-0.2, 0) is 18.8 Å². The molecule has 0 aliphatic carbocycles. The number of hydrogen-bond donors (Lipinski definition) is 0. The number of aromatic nitrogens is 1. The Labute approximate surface area is 186 Å². The first-order valence-electron chi connectivity index (χ1n) is 10.4. The monoisotopic (exact) mass is 451 g/mol. The SMILES string of the molecule is C=CCC(C(=O)C[C@H](O[Si](C)(C)C(C)(C)C)/C(C)=C/c1csc(C)n1)C(=O)OCC. The standard InChI is InChI=1S/C23H37NO4SSi/c1-10-12-19(22(26)27-11-2)20(25)14-21(28-30(8,9)23(5,6)7)16(3)13-18-15-29-17(4)24-18/h10,13,15,19,21H,1,11-12,14H2,2-9H3/b16-13+/t19?,21-/m0/s1. The minimum atomic E-state index is -2.15. The van der Waals surface area contributed by atoms with Crippen molar-refractivity contribution in [1.29, 1.82) is 0 Å². The Morgan fingerprint density at radius 2 is 1.97 bits per heavy atom. The molecule has 1 rings (SSSR count). The van der Waals surface area contributed by atoms with Crippen LogP contribution in [0.3, 0.4) is 0 Å². The predicted octanol–water partition coefficient (Wildman–Crippen LogP) is 5.96. The Kier molecular flexibility index (Phi) is 9.84. The van der Waals surface area contributed by atoms with Gasteiger partial charge in [-0.05, 0) is 57.0 Å². The van der Waals surface area contributed by atoms with Gasteiger partial charge < -0.3 is 9.16 Å². The van der Waals surface area contributed by atoms with Gasteiger partial charge >= 0.3 is 5.97 Å². The second-order valence-corrected chi connectivity index (χ2v) is 14.9. The van der Waals surface area contributed by atoms with Gasteiger partial charge in [-0.2, -0.15) is 0 Å². The molecular weight excluding hydrogens is 414 g/mol. The van der Waals surface area contributed by atoms with Crippen LogP contribution >= 0.6 is 11.3 Å². The van der Waals surface area contributed by atoms with Gasteiger partial charge in [-0.25, -0.2) is 4.98 Å². The van der Waals surface area contributed by atoms with E-state index in [4.69, 9.17) is 9.16 Å². The topological polar surface area (TPSA) is 65.5 Å². The van der Waals surface area contributed by atoms with Crippen molar-refractivity contribution in [2.24, 2.45) is 5.92 Å². The normalized spacial score (nSPS) is 14.9. The summed E-state index contributed by atoms with van der Waals surface area (Å²) in [6.07, 6.45) is 3.53. The molecule has 0 spiro atoms. The van der Waals surface area contributed by atoms with E-state index in [2.05, 4.69) is 45.4 Å². The van der Waals surface area contributed by atoms with Crippen LogP contribution in [0.1, 0.15) is 58.2 Å². The fraction of sp³-hybridized carbons (Fsp3) is 0.609. The van der Waals surface area contributed by atoms with Crippen LogP contribution in [0.25, 0.3) is 6.08 Å². The molecule has 0 aliphatic heterocycles. The Hall–Kier alpha value is -1.57. The lowest BCUT2D eigenvalue weighted by Gasteiger charge is -2.39. The zero-order chi connectivity index (χ0) is 23.1. The number of aryl methyl sites for hydroxylation is 1. The molecule has 168 valence electrons. The van der Waals surface area contributed by atoms with E-state index in [1.807, 2.05) is 25.3 Å². The van der Waals surface area contributed by atoms with E-state index in [-0.39, 0.29) is 30.3 Å². The van der Waals surface area contributed by atoms with Crippen LogP contribution in [0.2, 0.25) is 18.1 Å². The molecule has 0 amide bonds. The molecule has 0 N–H and O–H groups in total. The summed E-state index contributed by atoms with van der Waals surface area (Å²) < 4.78 is 11.7. The van der Waals surface area contributed by atoms with Crippen molar-refractivity contribution in [2.45, 2.75) is 78.6 Å². The smallest absolute Gasteiger partial charge is 0.316 e. The summed E-state index contributed by atoms with van der Waals surface area (Å²) in [6.45, 7) is 20.4. The van der Waals surface area contributed by atoms with E-state index in [1.54, 1.807) is 24.3 Å². The average molecular weight is 452 g/mol. The fourth-order valence-electron chi connectivity index (χ4n) is 2.69. The van der Waals surface area contributed by atoms with E-state index >= 15 is 0 Å². The van der Waals surface area contributed by atoms with Crippen molar-refractivity contribution in [2.75, 3.05) is 6.61 Å². The van der Waals surface area contributed by atoms with Gasteiger partial charge in [0.2, 0.25) is 0 Å². The van der Waals surface area contributed by atoms with E-state index in [1.165, 1.54) is 0 Å². The number of carbonyl (C=O) groups is 2. The van der Waals surface area contributed by atoms with Crippen LogP contribution < -0.4 is 0 Å². The average Bonchev–Trinajstić information content (AvgIpc) is 3.02. The molecule has 0 aromatic carbocycles. The lowest BCUT2D eigenvalue weighted by molar-refractivity contribution is -0.151. The maximum Gasteiger partial charge on any atom is 0.316 e. The van der Waals surface area contributed by atoms with Gasteiger partial charge in [-0.1, -0.05) is 26.8 Å². The molecule has 30 heavy (non-hydrogen) atoms. The van der Waals surface area contributed by atoms with Gasteiger partial charge in [-0.15, -0.1) is 17.9 Å². The summed E-state index contributed by atoms with van der Waals surface area (Å²) >= 11 is 1.58. The molecule has 0 aliphatic rings.